The number of likely N-dealkylation sites (tertiary alicyclic amines) is 1. The van der Waals surface area contributed by atoms with Crippen LogP contribution in [0, 0.1) is 19.8 Å². The van der Waals surface area contributed by atoms with Gasteiger partial charge in [0.05, 0.1) is 17.8 Å². The van der Waals surface area contributed by atoms with Crippen molar-refractivity contribution in [3.63, 3.8) is 0 Å². The molecule has 47 heavy (non-hydrogen) atoms. The first-order valence-electron chi connectivity index (χ1n) is 16.2. The molecule has 0 spiro atoms. The Balaban J connectivity index is 1.04. The Morgan fingerprint density at radius 1 is 0.957 bits per heavy atom. The number of urea groups is 1. The molecule has 9 heteroatoms. The van der Waals surface area contributed by atoms with Gasteiger partial charge < -0.3 is 10.2 Å². The lowest BCUT2D eigenvalue weighted by molar-refractivity contribution is -0.131. The molecule has 2 aromatic heterocycles. The number of carbonyl (C=O) groups is 2. The molecule has 3 aromatic carbocycles. The van der Waals surface area contributed by atoms with Crippen LogP contribution in [0.1, 0.15) is 60.9 Å². The van der Waals surface area contributed by atoms with Crippen LogP contribution < -0.4 is 10.6 Å². The second kappa shape index (κ2) is 13.5. The zero-order valence-corrected chi connectivity index (χ0v) is 29.3. The molecule has 3 amide bonds. The molecule has 0 radical (unpaired) electrons. The SMILES string of the molecule is Cc1ccc(-n2nc(C(C)(C)C)cc2NC(=O)Nc2cccc(CC3CCN(C(=O)Cc4sc5ccc(Cl)cc5c4C)CC3)c2)cc1. The van der Waals surface area contributed by atoms with Gasteiger partial charge in [0, 0.05) is 44.9 Å². The molecule has 0 aliphatic carbocycles. The number of aryl methyl sites for hydroxylation is 2. The maximum Gasteiger partial charge on any atom is 0.324 e. The summed E-state index contributed by atoms with van der Waals surface area (Å²) in [7, 11) is 0. The first-order chi connectivity index (χ1) is 22.4. The molecule has 7 nitrogen and oxygen atoms in total. The molecular weight excluding hydrogens is 626 g/mol. The molecule has 0 saturated carbocycles. The van der Waals surface area contributed by atoms with Crippen LogP contribution >= 0.6 is 22.9 Å². The largest absolute Gasteiger partial charge is 0.342 e. The fraction of sp³-hybridized carbons (Fsp3) is 0.342. The summed E-state index contributed by atoms with van der Waals surface area (Å²) in [5, 5.41) is 12.7. The highest BCUT2D eigenvalue weighted by Crippen LogP contribution is 2.34. The number of piperidine rings is 1. The second-order valence-corrected chi connectivity index (χ2v) is 15.3. The smallest absolute Gasteiger partial charge is 0.324 e. The Morgan fingerprint density at radius 3 is 2.43 bits per heavy atom. The molecule has 0 unspecified atom stereocenters. The summed E-state index contributed by atoms with van der Waals surface area (Å²) < 4.78 is 2.96. The molecular formula is C38H42ClN5O2S. The lowest BCUT2D eigenvalue weighted by atomic mass is 9.90. The maximum absolute atomic E-state index is 13.2. The van der Waals surface area contributed by atoms with Crippen LogP contribution in [0.3, 0.4) is 0 Å². The van der Waals surface area contributed by atoms with Crippen molar-refractivity contribution in [2.24, 2.45) is 5.92 Å². The summed E-state index contributed by atoms with van der Waals surface area (Å²) in [6.07, 6.45) is 3.27. The molecule has 1 aliphatic heterocycles. The lowest BCUT2D eigenvalue weighted by Gasteiger charge is -2.32. The number of benzene rings is 3. The van der Waals surface area contributed by atoms with E-state index in [0.29, 0.717) is 18.2 Å². The first-order valence-corrected chi connectivity index (χ1v) is 17.4. The monoisotopic (exact) mass is 667 g/mol. The van der Waals surface area contributed by atoms with Crippen molar-refractivity contribution in [1.82, 2.24) is 14.7 Å². The standard InChI is InChI=1S/C38H42ClN5O2S/c1-24-9-12-30(13-10-24)44-35(23-34(42-44)38(3,4)5)41-37(46)40-29-8-6-7-27(20-29)19-26-15-17-43(18-16-26)36(45)22-33-25(2)31-21-28(39)11-14-32(31)47-33/h6-14,20-21,23,26H,15-19,22H2,1-5H3,(H2,40,41,46). The van der Waals surface area contributed by atoms with E-state index >= 15 is 0 Å². The highest BCUT2D eigenvalue weighted by atomic mass is 35.5. The van der Waals surface area contributed by atoms with Gasteiger partial charge >= 0.3 is 6.03 Å². The minimum atomic E-state index is -0.320. The van der Waals surface area contributed by atoms with Gasteiger partial charge in [0.25, 0.3) is 0 Å². The maximum atomic E-state index is 13.2. The fourth-order valence-electron chi connectivity index (χ4n) is 6.16. The molecule has 2 N–H and O–H groups in total. The molecule has 1 fully saturated rings. The van der Waals surface area contributed by atoms with E-state index in [0.717, 1.165) is 75.8 Å². The number of carbonyl (C=O) groups excluding carboxylic acids is 2. The summed E-state index contributed by atoms with van der Waals surface area (Å²) in [5.74, 6) is 1.29. The minimum Gasteiger partial charge on any atom is -0.342 e. The number of aromatic nitrogens is 2. The fourth-order valence-corrected chi connectivity index (χ4v) is 7.51. The number of thiophene rings is 1. The van der Waals surface area contributed by atoms with Crippen LogP contribution in [0.15, 0.2) is 72.8 Å². The van der Waals surface area contributed by atoms with Crippen LogP contribution in [-0.2, 0) is 23.1 Å². The van der Waals surface area contributed by atoms with Crippen LogP contribution in [0.4, 0.5) is 16.3 Å². The van der Waals surface area contributed by atoms with Crippen LogP contribution in [0.25, 0.3) is 15.8 Å². The molecule has 0 bridgehead atoms. The number of halogens is 1. The number of nitrogens with zero attached hydrogens (tertiary/aromatic N) is 3. The molecule has 0 atom stereocenters. The van der Waals surface area contributed by atoms with Crippen molar-refractivity contribution in [2.75, 3.05) is 23.7 Å². The Morgan fingerprint density at radius 2 is 1.70 bits per heavy atom. The minimum absolute atomic E-state index is 0.173. The van der Waals surface area contributed by atoms with Gasteiger partial charge in [-0.05, 0) is 98.0 Å². The summed E-state index contributed by atoms with van der Waals surface area (Å²) in [5.41, 5.74) is 5.84. The van der Waals surface area contributed by atoms with Crippen molar-refractivity contribution in [1.29, 1.82) is 0 Å². The zero-order chi connectivity index (χ0) is 33.3. The van der Waals surface area contributed by atoms with Crippen molar-refractivity contribution >= 4 is 56.5 Å². The Bertz CT molecular complexity index is 1910. The lowest BCUT2D eigenvalue weighted by Crippen LogP contribution is -2.39. The van der Waals surface area contributed by atoms with Gasteiger partial charge in [-0.2, -0.15) is 5.10 Å². The highest BCUT2D eigenvalue weighted by Gasteiger charge is 2.25. The van der Waals surface area contributed by atoms with Gasteiger partial charge in [-0.3, -0.25) is 10.1 Å². The second-order valence-electron chi connectivity index (χ2n) is 13.7. The van der Waals surface area contributed by atoms with Gasteiger partial charge in [-0.25, -0.2) is 9.48 Å². The third-order valence-corrected chi connectivity index (χ3v) is 10.5. The molecule has 244 valence electrons. The predicted molar refractivity (Wildman–Crippen MR) is 194 cm³/mol. The summed E-state index contributed by atoms with van der Waals surface area (Å²) in [6, 6.07) is 23.7. The number of anilines is 2. The van der Waals surface area contributed by atoms with E-state index in [-0.39, 0.29) is 17.4 Å². The summed E-state index contributed by atoms with van der Waals surface area (Å²) in [6.45, 7) is 12.0. The molecule has 3 heterocycles. The van der Waals surface area contributed by atoms with Crippen LogP contribution in [0.5, 0.6) is 0 Å². The predicted octanol–water partition coefficient (Wildman–Crippen LogP) is 9.32. The first kappa shape index (κ1) is 32.8. The third kappa shape index (κ3) is 7.71. The van der Waals surface area contributed by atoms with Crippen molar-refractivity contribution < 1.29 is 9.59 Å². The van der Waals surface area contributed by atoms with E-state index in [4.69, 9.17) is 16.7 Å². The Kier molecular flexibility index (Phi) is 9.44. The van der Waals surface area contributed by atoms with Gasteiger partial charge in [-0.15, -0.1) is 11.3 Å². The normalized spacial score (nSPS) is 14.0. The van der Waals surface area contributed by atoms with E-state index in [1.54, 1.807) is 16.0 Å². The molecule has 5 aromatic rings. The summed E-state index contributed by atoms with van der Waals surface area (Å²) in [4.78, 5) is 29.6. The van der Waals surface area contributed by atoms with Gasteiger partial charge in [0.2, 0.25) is 5.91 Å². The number of amides is 3. The van der Waals surface area contributed by atoms with Crippen LogP contribution in [-0.4, -0.2) is 39.7 Å². The van der Waals surface area contributed by atoms with E-state index in [1.165, 1.54) is 10.3 Å². The highest BCUT2D eigenvalue weighted by molar-refractivity contribution is 7.19. The summed E-state index contributed by atoms with van der Waals surface area (Å²) >= 11 is 7.90. The zero-order valence-electron chi connectivity index (χ0n) is 27.7. The molecule has 1 saturated heterocycles. The van der Waals surface area contributed by atoms with Crippen molar-refractivity contribution in [2.45, 2.75) is 65.7 Å². The van der Waals surface area contributed by atoms with Crippen LogP contribution in [0.2, 0.25) is 5.02 Å². The van der Waals surface area contributed by atoms with Gasteiger partial charge in [0.15, 0.2) is 0 Å². The van der Waals surface area contributed by atoms with Crippen molar-refractivity contribution in [3.8, 4) is 5.69 Å². The number of hydrogen-bond acceptors (Lipinski definition) is 4. The Labute approximate surface area is 285 Å². The number of nitrogens with one attached hydrogen (secondary N) is 2. The molecule has 6 rings (SSSR count). The van der Waals surface area contributed by atoms with Gasteiger partial charge in [0.1, 0.15) is 5.82 Å². The number of rotatable bonds is 7. The Hall–Kier alpha value is -4.14. The van der Waals surface area contributed by atoms with Crippen molar-refractivity contribution in [3.05, 3.63) is 105 Å². The average molecular weight is 668 g/mol. The van der Waals surface area contributed by atoms with E-state index in [2.05, 4.69) is 44.4 Å². The van der Waals surface area contributed by atoms with Gasteiger partial charge in [-0.1, -0.05) is 62.2 Å². The molecule has 1 aliphatic rings. The van der Waals surface area contributed by atoms with E-state index < -0.39 is 0 Å². The van der Waals surface area contributed by atoms with E-state index in [1.807, 2.05) is 78.6 Å². The quantitative estimate of drug-likeness (QED) is 0.182. The average Bonchev–Trinajstić information content (AvgIpc) is 3.59. The van der Waals surface area contributed by atoms with E-state index in [9.17, 15) is 9.59 Å². The topological polar surface area (TPSA) is 79.3 Å². The number of fused-ring (bicyclic) bond motifs is 1. The third-order valence-electron chi connectivity index (χ3n) is 8.98. The number of hydrogen-bond donors (Lipinski definition) is 2.